The van der Waals surface area contributed by atoms with Crippen LogP contribution >= 0.6 is 0 Å². The van der Waals surface area contributed by atoms with Crippen LogP contribution in [0.5, 0.6) is 11.8 Å². The molecule has 0 fully saturated rings. The Bertz CT molecular complexity index is 972. The number of aromatic nitrogens is 2. The molecule has 1 aromatic carbocycles. The highest BCUT2D eigenvalue weighted by molar-refractivity contribution is 7.89. The molecule has 0 unspecified atom stereocenters. The Hall–Kier alpha value is -3.32. The lowest BCUT2D eigenvalue weighted by Crippen LogP contribution is -2.23. The van der Waals surface area contributed by atoms with Crippen LogP contribution in [0.2, 0.25) is 0 Å². The van der Waals surface area contributed by atoms with Gasteiger partial charge in [-0.15, -0.1) is 0 Å². The van der Waals surface area contributed by atoms with Crippen LogP contribution in [0.4, 0.5) is 15.1 Å². The Labute approximate surface area is 152 Å². The minimum atomic E-state index is -4.23. The lowest BCUT2D eigenvalue weighted by Gasteiger charge is -2.09. The molecule has 2 rings (SSSR count). The van der Waals surface area contributed by atoms with Crippen molar-refractivity contribution < 1.29 is 36.6 Å². The fourth-order valence-electron chi connectivity index (χ4n) is 1.87. The summed E-state index contributed by atoms with van der Waals surface area (Å²) in [4.78, 5) is 30.5. The Kier molecular flexibility index (Phi) is 5.87. The maximum absolute atomic E-state index is 13.7. The van der Waals surface area contributed by atoms with Crippen molar-refractivity contribution in [3.05, 3.63) is 35.6 Å². The number of hydrogen-bond acceptors (Lipinski definition) is 9. The van der Waals surface area contributed by atoms with Gasteiger partial charge in [-0.1, -0.05) is 12.1 Å². The predicted octanol–water partition coefficient (Wildman–Crippen LogP) is 0.669. The monoisotopic (exact) mass is 400 g/mol. The van der Waals surface area contributed by atoms with Crippen molar-refractivity contribution in [1.82, 2.24) is 9.97 Å². The molecule has 0 saturated carbocycles. The van der Waals surface area contributed by atoms with Crippen LogP contribution in [0.3, 0.4) is 0 Å². The molecule has 0 aliphatic heterocycles. The summed E-state index contributed by atoms with van der Waals surface area (Å²) >= 11 is 0. The van der Waals surface area contributed by atoms with Crippen LogP contribution in [0.15, 0.2) is 29.2 Å². The zero-order valence-corrected chi connectivity index (χ0v) is 14.7. The molecule has 27 heavy (non-hydrogen) atoms. The van der Waals surface area contributed by atoms with Crippen LogP contribution < -0.4 is 19.9 Å². The van der Waals surface area contributed by atoms with Gasteiger partial charge in [0.15, 0.2) is 0 Å². The minimum absolute atomic E-state index is 0.453. The number of primary sulfonamides is 1. The number of ether oxygens (including phenoxy) is 3. The van der Waals surface area contributed by atoms with Crippen LogP contribution in [-0.2, 0) is 14.8 Å². The van der Waals surface area contributed by atoms with Crippen molar-refractivity contribution in [2.75, 3.05) is 19.5 Å². The van der Waals surface area contributed by atoms with Crippen LogP contribution in [-0.4, -0.2) is 44.7 Å². The van der Waals surface area contributed by atoms with Crippen molar-refractivity contribution >= 4 is 28.0 Å². The number of benzene rings is 1. The number of methoxy groups -OCH3 is 2. The summed E-state index contributed by atoms with van der Waals surface area (Å²) in [5.74, 6) is -3.83. The third-order valence-electron chi connectivity index (χ3n) is 2.99. The SMILES string of the molecule is COc1nc(NC(=O)OC(=O)c2ccccc2S(N)(=O)=O)nc(OC)c1F. The van der Waals surface area contributed by atoms with Crippen LogP contribution in [0, 0.1) is 5.82 Å². The number of hydrogen-bond donors (Lipinski definition) is 2. The van der Waals surface area contributed by atoms with Crippen molar-refractivity contribution in [2.24, 2.45) is 5.14 Å². The Balaban J connectivity index is 2.21. The molecule has 144 valence electrons. The first-order valence-corrected chi connectivity index (χ1v) is 8.52. The van der Waals surface area contributed by atoms with Gasteiger partial charge in [-0.25, -0.2) is 23.1 Å². The lowest BCUT2D eigenvalue weighted by molar-refractivity contribution is 0.0641. The van der Waals surface area contributed by atoms with E-state index in [4.69, 9.17) is 5.14 Å². The number of carbonyl (C=O) groups is 2. The molecule has 0 aliphatic carbocycles. The van der Waals surface area contributed by atoms with Gasteiger partial charge < -0.3 is 14.2 Å². The molecule has 0 spiro atoms. The standard InChI is InChI=1S/C14H13FN4O7S/c1-24-10-9(15)11(25-2)18-13(17-10)19-14(21)26-12(20)7-5-3-4-6-8(7)27(16,22)23/h3-6H,1-2H3,(H2,16,22,23)(H,17,18,19,21). The summed E-state index contributed by atoms with van der Waals surface area (Å²) in [7, 11) is -1.98. The second-order valence-corrected chi connectivity index (χ2v) is 6.25. The fourth-order valence-corrected chi connectivity index (χ4v) is 2.60. The van der Waals surface area contributed by atoms with Gasteiger partial charge in [-0.2, -0.15) is 14.4 Å². The lowest BCUT2D eigenvalue weighted by atomic mass is 10.2. The maximum atomic E-state index is 13.7. The molecule has 11 nitrogen and oxygen atoms in total. The quantitative estimate of drug-likeness (QED) is 0.543. The molecular weight excluding hydrogens is 387 g/mol. The van der Waals surface area contributed by atoms with E-state index in [9.17, 15) is 22.4 Å². The van der Waals surface area contributed by atoms with E-state index in [0.29, 0.717) is 0 Å². The molecule has 0 saturated heterocycles. The zero-order chi connectivity index (χ0) is 20.2. The number of nitrogens with one attached hydrogen (secondary N) is 1. The number of rotatable bonds is 5. The van der Waals surface area contributed by atoms with E-state index in [0.717, 1.165) is 26.4 Å². The molecule has 0 aliphatic rings. The number of anilines is 1. The fraction of sp³-hybridized carbons (Fsp3) is 0.143. The smallest absolute Gasteiger partial charge is 0.422 e. The molecule has 13 heteroatoms. The molecular formula is C14H13FN4O7S. The van der Waals surface area contributed by atoms with Crippen LogP contribution in [0.1, 0.15) is 10.4 Å². The third kappa shape index (κ3) is 4.65. The van der Waals surface area contributed by atoms with E-state index in [1.807, 2.05) is 5.32 Å². The molecule has 0 atom stereocenters. The van der Waals surface area contributed by atoms with Gasteiger partial charge in [-0.05, 0) is 12.1 Å². The van der Waals surface area contributed by atoms with Gasteiger partial charge in [-0.3, -0.25) is 5.32 Å². The highest BCUT2D eigenvalue weighted by Crippen LogP contribution is 2.24. The average molecular weight is 400 g/mol. The van der Waals surface area contributed by atoms with Gasteiger partial charge in [0.25, 0.3) is 11.8 Å². The number of sulfonamides is 1. The van der Waals surface area contributed by atoms with E-state index in [1.165, 1.54) is 12.1 Å². The van der Waals surface area contributed by atoms with E-state index >= 15 is 0 Å². The zero-order valence-electron chi connectivity index (χ0n) is 13.9. The summed E-state index contributed by atoms with van der Waals surface area (Å²) in [5, 5.41) is 6.97. The van der Waals surface area contributed by atoms with Gasteiger partial charge in [0.05, 0.1) is 24.7 Å². The maximum Gasteiger partial charge on any atom is 0.422 e. The third-order valence-corrected chi connectivity index (χ3v) is 3.96. The summed E-state index contributed by atoms with van der Waals surface area (Å²) in [6, 6.07) is 4.86. The van der Waals surface area contributed by atoms with Gasteiger partial charge in [0, 0.05) is 0 Å². The first-order chi connectivity index (χ1) is 12.7. The van der Waals surface area contributed by atoms with Crippen LogP contribution in [0.25, 0.3) is 0 Å². The van der Waals surface area contributed by atoms with Crippen molar-refractivity contribution in [1.29, 1.82) is 0 Å². The predicted molar refractivity (Wildman–Crippen MR) is 87.3 cm³/mol. The minimum Gasteiger partial charge on any atom is -0.479 e. The number of halogens is 1. The summed E-state index contributed by atoms with van der Waals surface area (Å²) in [6.45, 7) is 0. The molecule has 3 N–H and O–H groups in total. The molecule has 0 radical (unpaired) electrons. The average Bonchev–Trinajstić information content (AvgIpc) is 2.62. The van der Waals surface area contributed by atoms with E-state index in [1.54, 1.807) is 0 Å². The van der Waals surface area contributed by atoms with E-state index < -0.39 is 56.1 Å². The second kappa shape index (κ2) is 7.92. The topological polar surface area (TPSA) is 160 Å². The molecule has 1 amide bonds. The number of carbonyl (C=O) groups excluding carboxylic acids is 2. The Morgan fingerprint density at radius 3 is 2.19 bits per heavy atom. The number of esters is 1. The Morgan fingerprint density at radius 2 is 1.67 bits per heavy atom. The van der Waals surface area contributed by atoms with Crippen molar-refractivity contribution in [3.8, 4) is 11.8 Å². The largest absolute Gasteiger partial charge is 0.479 e. The summed E-state index contributed by atoms with van der Waals surface area (Å²) < 4.78 is 50.5. The first kappa shape index (κ1) is 20.0. The molecule has 1 heterocycles. The summed E-state index contributed by atoms with van der Waals surface area (Å²) in [5.41, 5.74) is -0.453. The first-order valence-electron chi connectivity index (χ1n) is 6.98. The number of nitrogens with two attached hydrogens (primary N) is 1. The summed E-state index contributed by atoms with van der Waals surface area (Å²) in [6.07, 6.45) is -1.36. The number of amides is 1. The highest BCUT2D eigenvalue weighted by Gasteiger charge is 2.23. The Morgan fingerprint density at radius 1 is 1.11 bits per heavy atom. The molecule has 2 aromatic rings. The van der Waals surface area contributed by atoms with Gasteiger partial charge in [0.1, 0.15) is 0 Å². The van der Waals surface area contributed by atoms with Crippen molar-refractivity contribution in [3.63, 3.8) is 0 Å². The normalized spacial score (nSPS) is 10.8. The second-order valence-electron chi connectivity index (χ2n) is 4.72. The molecule has 1 aromatic heterocycles. The van der Waals surface area contributed by atoms with E-state index in [-0.39, 0.29) is 0 Å². The van der Waals surface area contributed by atoms with Gasteiger partial charge in [0.2, 0.25) is 21.8 Å². The van der Waals surface area contributed by atoms with E-state index in [2.05, 4.69) is 24.2 Å². The van der Waals surface area contributed by atoms with Gasteiger partial charge >= 0.3 is 12.1 Å². The number of nitrogens with zero attached hydrogens (tertiary/aromatic N) is 2. The van der Waals surface area contributed by atoms with Crippen molar-refractivity contribution in [2.45, 2.75) is 4.90 Å². The highest BCUT2D eigenvalue weighted by atomic mass is 32.2. The molecule has 0 bridgehead atoms.